The predicted molar refractivity (Wildman–Crippen MR) is 88.3 cm³/mol. The number of fused-ring (bicyclic) bond motifs is 1. The van der Waals surface area contributed by atoms with Crippen LogP contribution in [0.2, 0.25) is 0 Å². The van der Waals surface area contributed by atoms with Gasteiger partial charge in [0.2, 0.25) is 5.88 Å². The summed E-state index contributed by atoms with van der Waals surface area (Å²) >= 11 is 0. The maximum absolute atomic E-state index is 5.66. The standard InChI is InChI=1S/C18H14N4O/c1-22-16-5-3-2-4-15(16)21-18(22)13-6-8-14(9-7-13)23-17-12-19-10-11-20-17/h2-12H,1H3. The lowest BCUT2D eigenvalue weighted by atomic mass is 10.2. The molecule has 0 spiro atoms. The molecule has 5 heteroatoms. The van der Waals surface area contributed by atoms with E-state index in [-0.39, 0.29) is 0 Å². The van der Waals surface area contributed by atoms with Gasteiger partial charge < -0.3 is 9.30 Å². The van der Waals surface area contributed by atoms with Crippen LogP contribution in [0.25, 0.3) is 22.4 Å². The zero-order valence-electron chi connectivity index (χ0n) is 12.5. The molecule has 2 aromatic heterocycles. The maximum Gasteiger partial charge on any atom is 0.237 e. The van der Waals surface area contributed by atoms with Crippen LogP contribution < -0.4 is 4.74 Å². The van der Waals surface area contributed by atoms with Gasteiger partial charge in [-0.3, -0.25) is 4.98 Å². The van der Waals surface area contributed by atoms with Gasteiger partial charge in [0.15, 0.2) is 0 Å². The molecule has 0 amide bonds. The molecule has 2 heterocycles. The molecule has 0 aliphatic rings. The van der Waals surface area contributed by atoms with Crippen molar-refractivity contribution in [2.75, 3.05) is 0 Å². The smallest absolute Gasteiger partial charge is 0.237 e. The van der Waals surface area contributed by atoms with E-state index in [0.717, 1.165) is 22.4 Å². The average molecular weight is 302 g/mol. The normalized spacial score (nSPS) is 10.8. The number of ether oxygens (including phenoxy) is 1. The molecule has 0 N–H and O–H groups in total. The number of benzene rings is 2. The first-order chi connectivity index (χ1) is 11.3. The first-order valence-corrected chi connectivity index (χ1v) is 7.27. The van der Waals surface area contributed by atoms with Crippen molar-refractivity contribution in [2.24, 2.45) is 7.05 Å². The van der Waals surface area contributed by atoms with Crippen LogP contribution in [0.5, 0.6) is 11.6 Å². The van der Waals surface area contributed by atoms with E-state index >= 15 is 0 Å². The second kappa shape index (κ2) is 5.53. The minimum absolute atomic E-state index is 0.475. The minimum atomic E-state index is 0.475. The van der Waals surface area contributed by atoms with Gasteiger partial charge in [-0.2, -0.15) is 0 Å². The van der Waals surface area contributed by atoms with E-state index in [2.05, 4.69) is 20.6 Å². The topological polar surface area (TPSA) is 52.8 Å². The molecule has 4 aromatic rings. The Hall–Kier alpha value is -3.21. The molecular weight excluding hydrogens is 288 g/mol. The predicted octanol–water partition coefficient (Wildman–Crippen LogP) is 3.82. The van der Waals surface area contributed by atoms with Gasteiger partial charge in [0.1, 0.15) is 11.6 Å². The van der Waals surface area contributed by atoms with Crippen molar-refractivity contribution in [3.63, 3.8) is 0 Å². The van der Waals surface area contributed by atoms with Crippen molar-refractivity contribution < 1.29 is 4.74 Å². The zero-order chi connectivity index (χ0) is 15.6. The number of para-hydroxylation sites is 2. The molecule has 0 atom stereocenters. The number of rotatable bonds is 3. The van der Waals surface area contributed by atoms with Crippen LogP contribution >= 0.6 is 0 Å². The first kappa shape index (κ1) is 13.5. The van der Waals surface area contributed by atoms with Gasteiger partial charge >= 0.3 is 0 Å². The summed E-state index contributed by atoms with van der Waals surface area (Å²) in [6.45, 7) is 0. The molecule has 0 aliphatic heterocycles. The molecule has 2 aromatic carbocycles. The highest BCUT2D eigenvalue weighted by Crippen LogP contribution is 2.26. The molecule has 0 saturated carbocycles. The number of hydrogen-bond donors (Lipinski definition) is 0. The van der Waals surface area contributed by atoms with Crippen LogP contribution in [0.1, 0.15) is 0 Å². The van der Waals surface area contributed by atoms with Crippen LogP contribution in [-0.2, 0) is 7.05 Å². The number of hydrogen-bond acceptors (Lipinski definition) is 4. The molecule has 0 bridgehead atoms. The molecule has 0 saturated heterocycles. The van der Waals surface area contributed by atoms with Gasteiger partial charge in [-0.15, -0.1) is 0 Å². The second-order valence-electron chi connectivity index (χ2n) is 5.15. The summed E-state index contributed by atoms with van der Waals surface area (Å²) in [5.41, 5.74) is 3.14. The number of aromatic nitrogens is 4. The molecule has 112 valence electrons. The van der Waals surface area contributed by atoms with Crippen LogP contribution in [0.3, 0.4) is 0 Å². The number of nitrogens with zero attached hydrogens (tertiary/aromatic N) is 4. The van der Waals surface area contributed by atoms with Gasteiger partial charge in [0.05, 0.1) is 17.2 Å². The van der Waals surface area contributed by atoms with E-state index in [1.807, 2.05) is 49.5 Å². The Labute approximate surface area is 133 Å². The summed E-state index contributed by atoms with van der Waals surface area (Å²) < 4.78 is 7.75. The lowest BCUT2D eigenvalue weighted by molar-refractivity contribution is 0.460. The largest absolute Gasteiger partial charge is 0.438 e. The molecule has 4 rings (SSSR count). The van der Waals surface area contributed by atoms with Crippen molar-refractivity contribution in [1.29, 1.82) is 0 Å². The Morgan fingerprint density at radius 2 is 1.78 bits per heavy atom. The lowest BCUT2D eigenvalue weighted by Gasteiger charge is -2.06. The molecule has 0 aliphatic carbocycles. The number of imidazole rings is 1. The molecule has 0 unspecified atom stereocenters. The van der Waals surface area contributed by atoms with E-state index in [4.69, 9.17) is 9.72 Å². The quantitative estimate of drug-likeness (QED) is 0.577. The van der Waals surface area contributed by atoms with Gasteiger partial charge in [-0.1, -0.05) is 12.1 Å². The third kappa shape index (κ3) is 2.53. The van der Waals surface area contributed by atoms with Crippen LogP contribution in [0, 0.1) is 0 Å². The van der Waals surface area contributed by atoms with Gasteiger partial charge in [-0.25, -0.2) is 9.97 Å². The number of aryl methyl sites for hydroxylation is 1. The van der Waals surface area contributed by atoms with Crippen molar-refractivity contribution >= 4 is 11.0 Å². The maximum atomic E-state index is 5.66. The molecule has 23 heavy (non-hydrogen) atoms. The highest BCUT2D eigenvalue weighted by atomic mass is 16.5. The summed E-state index contributed by atoms with van der Waals surface area (Å²) in [6.07, 6.45) is 4.80. The third-order valence-corrected chi connectivity index (χ3v) is 3.66. The molecule has 5 nitrogen and oxygen atoms in total. The highest BCUT2D eigenvalue weighted by molar-refractivity contribution is 5.80. The average Bonchev–Trinajstić information content (AvgIpc) is 2.94. The summed E-state index contributed by atoms with van der Waals surface area (Å²) in [5.74, 6) is 2.12. The van der Waals surface area contributed by atoms with Crippen LogP contribution in [0.4, 0.5) is 0 Å². The Bertz CT molecular complexity index is 946. The third-order valence-electron chi connectivity index (χ3n) is 3.66. The minimum Gasteiger partial charge on any atom is -0.438 e. The molecular formula is C18H14N4O. The summed E-state index contributed by atoms with van der Waals surface area (Å²) in [6, 6.07) is 15.9. The fourth-order valence-corrected chi connectivity index (χ4v) is 2.53. The lowest BCUT2D eigenvalue weighted by Crippen LogP contribution is -1.93. The Balaban J connectivity index is 1.66. The SMILES string of the molecule is Cn1c(-c2ccc(Oc3cnccn3)cc2)nc2ccccc21. The second-order valence-corrected chi connectivity index (χ2v) is 5.15. The van der Waals surface area contributed by atoms with Gasteiger partial charge in [0.25, 0.3) is 0 Å². The van der Waals surface area contributed by atoms with Crippen LogP contribution in [0.15, 0.2) is 67.1 Å². The highest BCUT2D eigenvalue weighted by Gasteiger charge is 2.09. The van der Waals surface area contributed by atoms with Crippen molar-refractivity contribution in [3.8, 4) is 23.0 Å². The van der Waals surface area contributed by atoms with Crippen molar-refractivity contribution in [2.45, 2.75) is 0 Å². The Morgan fingerprint density at radius 1 is 0.957 bits per heavy atom. The fourth-order valence-electron chi connectivity index (χ4n) is 2.53. The van der Waals surface area contributed by atoms with E-state index in [0.29, 0.717) is 11.6 Å². The monoisotopic (exact) mass is 302 g/mol. The van der Waals surface area contributed by atoms with Crippen LogP contribution in [-0.4, -0.2) is 19.5 Å². The zero-order valence-corrected chi connectivity index (χ0v) is 12.5. The first-order valence-electron chi connectivity index (χ1n) is 7.27. The summed E-state index contributed by atoms with van der Waals surface area (Å²) in [7, 11) is 2.02. The van der Waals surface area contributed by atoms with E-state index in [1.165, 1.54) is 0 Å². The van der Waals surface area contributed by atoms with E-state index < -0.39 is 0 Å². The van der Waals surface area contributed by atoms with Gasteiger partial charge in [0, 0.05) is 25.0 Å². The Kier molecular flexibility index (Phi) is 3.24. The van der Waals surface area contributed by atoms with Crippen molar-refractivity contribution in [3.05, 3.63) is 67.1 Å². The Morgan fingerprint density at radius 3 is 2.52 bits per heavy atom. The summed E-state index contributed by atoms with van der Waals surface area (Å²) in [5, 5.41) is 0. The fraction of sp³-hybridized carbons (Fsp3) is 0.0556. The molecule has 0 radical (unpaired) electrons. The van der Waals surface area contributed by atoms with Gasteiger partial charge in [-0.05, 0) is 36.4 Å². The van der Waals surface area contributed by atoms with E-state index in [9.17, 15) is 0 Å². The van der Waals surface area contributed by atoms with E-state index in [1.54, 1.807) is 18.6 Å². The van der Waals surface area contributed by atoms with Crippen molar-refractivity contribution in [1.82, 2.24) is 19.5 Å². The summed E-state index contributed by atoms with van der Waals surface area (Å²) in [4.78, 5) is 12.8. The molecule has 0 fully saturated rings.